The van der Waals surface area contributed by atoms with Crippen molar-refractivity contribution in [1.82, 2.24) is 19.8 Å². The maximum absolute atomic E-state index is 13.4. The number of nitrogens with one attached hydrogen (secondary N) is 1. The normalized spacial score (nSPS) is 22.0. The van der Waals surface area contributed by atoms with Crippen molar-refractivity contribution >= 4 is 16.9 Å². The van der Waals surface area contributed by atoms with E-state index in [1.807, 2.05) is 6.20 Å². The third kappa shape index (κ3) is 4.56. The fourth-order valence-electron chi connectivity index (χ4n) is 5.44. The minimum atomic E-state index is -0.369. The Morgan fingerprint density at radius 2 is 2.16 bits per heavy atom. The molecule has 2 aromatic heterocycles. The first-order valence-corrected chi connectivity index (χ1v) is 12.3. The van der Waals surface area contributed by atoms with Gasteiger partial charge in [0.15, 0.2) is 0 Å². The zero-order chi connectivity index (χ0) is 21.9. The van der Waals surface area contributed by atoms with Gasteiger partial charge in [-0.25, -0.2) is 4.98 Å². The second-order valence-corrected chi connectivity index (χ2v) is 9.54. The zero-order valence-corrected chi connectivity index (χ0v) is 19.2. The maximum atomic E-state index is 13.4. The first kappa shape index (κ1) is 21.9. The zero-order valence-electron chi connectivity index (χ0n) is 19.2. The third-order valence-corrected chi connectivity index (χ3v) is 7.22. The molecular weight excluding hydrogens is 404 g/mol. The molecule has 7 nitrogen and oxygen atoms in total. The number of aromatic nitrogens is 2. The second-order valence-electron chi connectivity index (χ2n) is 9.54. The number of morpholine rings is 1. The number of pyridine rings is 1. The van der Waals surface area contributed by atoms with Gasteiger partial charge in [0.05, 0.1) is 6.61 Å². The molecule has 1 atom stereocenters. The van der Waals surface area contributed by atoms with Crippen molar-refractivity contribution in [2.45, 2.75) is 76.1 Å². The van der Waals surface area contributed by atoms with Gasteiger partial charge in [0, 0.05) is 63.7 Å². The van der Waals surface area contributed by atoms with E-state index >= 15 is 0 Å². The minimum absolute atomic E-state index is 0.131. The molecule has 2 aliphatic carbocycles. The number of carbonyl (C=O) groups is 1. The van der Waals surface area contributed by atoms with Gasteiger partial charge in [0.25, 0.3) is 5.91 Å². The van der Waals surface area contributed by atoms with Crippen LogP contribution < -0.4 is 5.32 Å². The summed E-state index contributed by atoms with van der Waals surface area (Å²) in [6.07, 6.45) is 12.1. The highest BCUT2D eigenvalue weighted by Crippen LogP contribution is 2.40. The molecule has 1 aliphatic heterocycles. The number of carbonyl (C=O) groups excluding carboxylic acids is 1. The lowest BCUT2D eigenvalue weighted by Gasteiger charge is -2.30. The molecule has 174 valence electrons. The predicted molar refractivity (Wildman–Crippen MR) is 124 cm³/mol. The first-order chi connectivity index (χ1) is 15.8. The van der Waals surface area contributed by atoms with Crippen LogP contribution in [0.4, 0.5) is 0 Å². The quantitative estimate of drug-likeness (QED) is 0.607. The van der Waals surface area contributed by atoms with E-state index < -0.39 is 0 Å². The number of nitrogens with zero attached hydrogens (tertiary/aromatic N) is 3. The standard InChI is InChI=1S/C25H36N4O3/c1-31-13-4-12-28-16-19(23-21(9-10-27-24(23)28)18-5-2-3-6-18)17-29(20-7-8-20)25(30)22-15-26-11-14-32-22/h9-10,16,18,20,22,26H,2-8,11-15,17H2,1H3/t22-/m1/s1. The van der Waals surface area contributed by atoms with Crippen LogP contribution in [0.3, 0.4) is 0 Å². The van der Waals surface area contributed by atoms with Crippen LogP contribution in [0.25, 0.3) is 11.0 Å². The summed E-state index contributed by atoms with van der Waals surface area (Å²) in [6, 6.07) is 2.56. The predicted octanol–water partition coefficient (Wildman–Crippen LogP) is 3.21. The van der Waals surface area contributed by atoms with Crippen LogP contribution in [0.2, 0.25) is 0 Å². The fourth-order valence-corrected chi connectivity index (χ4v) is 5.44. The first-order valence-electron chi connectivity index (χ1n) is 12.3. The molecule has 1 amide bonds. The molecule has 1 N–H and O–H groups in total. The van der Waals surface area contributed by atoms with Crippen molar-refractivity contribution in [3.8, 4) is 0 Å². The van der Waals surface area contributed by atoms with E-state index in [0.717, 1.165) is 44.6 Å². The van der Waals surface area contributed by atoms with Gasteiger partial charge < -0.3 is 24.3 Å². The molecule has 0 radical (unpaired) electrons. The van der Waals surface area contributed by atoms with E-state index in [1.165, 1.54) is 42.2 Å². The Balaban J connectivity index is 1.48. The van der Waals surface area contributed by atoms with Gasteiger partial charge in [-0.3, -0.25) is 4.79 Å². The molecule has 0 bridgehead atoms. The van der Waals surface area contributed by atoms with Crippen molar-refractivity contribution in [1.29, 1.82) is 0 Å². The number of ether oxygens (including phenoxy) is 2. The number of methoxy groups -OCH3 is 1. The van der Waals surface area contributed by atoms with Gasteiger partial charge in [0.1, 0.15) is 11.8 Å². The maximum Gasteiger partial charge on any atom is 0.253 e. The fraction of sp³-hybridized carbons (Fsp3) is 0.680. The van der Waals surface area contributed by atoms with E-state index in [2.05, 4.69) is 27.0 Å². The molecule has 0 unspecified atom stereocenters. The van der Waals surface area contributed by atoms with Crippen molar-refractivity contribution in [3.05, 3.63) is 29.6 Å². The summed E-state index contributed by atoms with van der Waals surface area (Å²) in [4.78, 5) is 20.3. The highest BCUT2D eigenvalue weighted by atomic mass is 16.5. The molecule has 3 aliphatic rings. The summed E-state index contributed by atoms with van der Waals surface area (Å²) >= 11 is 0. The summed E-state index contributed by atoms with van der Waals surface area (Å²) in [5, 5.41) is 4.58. The summed E-state index contributed by atoms with van der Waals surface area (Å²) in [5.74, 6) is 0.733. The van der Waals surface area contributed by atoms with Crippen LogP contribution >= 0.6 is 0 Å². The van der Waals surface area contributed by atoms with Crippen LogP contribution in [0.5, 0.6) is 0 Å². The van der Waals surface area contributed by atoms with E-state index in [0.29, 0.717) is 31.7 Å². The average molecular weight is 441 g/mol. The second kappa shape index (κ2) is 9.89. The SMILES string of the molecule is COCCCn1cc(CN(C(=O)[C@H]2CNCCO2)C2CC2)c2c(C3CCCC3)ccnc21. The lowest BCUT2D eigenvalue weighted by molar-refractivity contribution is -0.146. The van der Waals surface area contributed by atoms with E-state index in [9.17, 15) is 4.79 Å². The molecular formula is C25H36N4O3. The molecule has 32 heavy (non-hydrogen) atoms. The van der Waals surface area contributed by atoms with E-state index in [4.69, 9.17) is 14.5 Å². The van der Waals surface area contributed by atoms with Gasteiger partial charge in [-0.05, 0) is 55.2 Å². The van der Waals surface area contributed by atoms with E-state index in [-0.39, 0.29) is 12.0 Å². The number of amides is 1. The topological polar surface area (TPSA) is 68.6 Å². The van der Waals surface area contributed by atoms with Crippen LogP contribution in [0, 0.1) is 0 Å². The van der Waals surface area contributed by atoms with Crippen LogP contribution in [-0.4, -0.2) is 65.9 Å². The molecule has 2 aromatic rings. The number of rotatable bonds is 9. The number of aryl methyl sites for hydroxylation is 1. The van der Waals surface area contributed by atoms with Gasteiger partial charge in [-0.15, -0.1) is 0 Å². The van der Waals surface area contributed by atoms with Gasteiger partial charge in [0.2, 0.25) is 0 Å². The molecule has 0 spiro atoms. The summed E-state index contributed by atoms with van der Waals surface area (Å²) in [7, 11) is 1.75. The van der Waals surface area contributed by atoms with Crippen LogP contribution in [-0.2, 0) is 27.4 Å². The highest BCUT2D eigenvalue weighted by Gasteiger charge is 2.37. The van der Waals surface area contributed by atoms with Crippen LogP contribution in [0.1, 0.15) is 62.0 Å². The monoisotopic (exact) mass is 440 g/mol. The lowest BCUT2D eigenvalue weighted by atomic mass is 9.94. The largest absolute Gasteiger partial charge is 0.385 e. The van der Waals surface area contributed by atoms with E-state index in [1.54, 1.807) is 7.11 Å². The Morgan fingerprint density at radius 3 is 2.88 bits per heavy atom. The van der Waals surface area contributed by atoms with Crippen molar-refractivity contribution in [3.63, 3.8) is 0 Å². The Morgan fingerprint density at radius 1 is 1.31 bits per heavy atom. The Kier molecular flexibility index (Phi) is 6.76. The van der Waals surface area contributed by atoms with Crippen molar-refractivity contribution < 1.29 is 14.3 Å². The molecule has 3 fully saturated rings. The van der Waals surface area contributed by atoms with Gasteiger partial charge in [-0.2, -0.15) is 0 Å². The van der Waals surface area contributed by atoms with Crippen molar-refractivity contribution in [2.75, 3.05) is 33.4 Å². The molecule has 5 rings (SSSR count). The number of fused-ring (bicyclic) bond motifs is 1. The summed E-state index contributed by atoms with van der Waals surface area (Å²) < 4.78 is 13.4. The Labute approximate surface area is 190 Å². The van der Waals surface area contributed by atoms with Gasteiger partial charge >= 0.3 is 0 Å². The third-order valence-electron chi connectivity index (χ3n) is 7.22. The van der Waals surface area contributed by atoms with Crippen molar-refractivity contribution in [2.24, 2.45) is 0 Å². The summed E-state index contributed by atoms with van der Waals surface area (Å²) in [6.45, 7) is 4.27. The number of hydrogen-bond acceptors (Lipinski definition) is 5. The molecule has 0 aromatic carbocycles. The Bertz CT molecular complexity index is 927. The average Bonchev–Trinajstić information content (AvgIpc) is 3.40. The Hall–Kier alpha value is -1.96. The minimum Gasteiger partial charge on any atom is -0.385 e. The molecule has 2 saturated carbocycles. The highest BCUT2D eigenvalue weighted by molar-refractivity contribution is 5.86. The van der Waals surface area contributed by atoms with Gasteiger partial charge in [-0.1, -0.05) is 12.8 Å². The van der Waals surface area contributed by atoms with Crippen LogP contribution in [0.15, 0.2) is 18.5 Å². The smallest absolute Gasteiger partial charge is 0.253 e. The number of hydrogen-bond donors (Lipinski definition) is 1. The lowest BCUT2D eigenvalue weighted by Crippen LogP contribution is -2.49. The molecule has 7 heteroatoms. The molecule has 1 saturated heterocycles. The summed E-state index contributed by atoms with van der Waals surface area (Å²) in [5.41, 5.74) is 3.71. The molecule has 3 heterocycles.